The van der Waals surface area contributed by atoms with Crippen LogP contribution in [-0.2, 0) is 6.54 Å². The van der Waals surface area contributed by atoms with Crippen LogP contribution in [0.25, 0.3) is 6.08 Å². The first-order chi connectivity index (χ1) is 12.2. The van der Waals surface area contributed by atoms with E-state index in [0.717, 1.165) is 36.5 Å². The molecule has 0 spiro atoms. The largest absolute Gasteiger partial charge is 0.508 e. The molecule has 0 unspecified atom stereocenters. The van der Waals surface area contributed by atoms with Gasteiger partial charge in [0.15, 0.2) is 5.78 Å². The SMILES string of the molecule is COc1ccc(/C=C/C(=O)c2ccc(O)cc2)cc1CN1CCCC1. The number of aromatic hydroxyl groups is 1. The number of phenolic OH excluding ortho intramolecular Hbond substituents is 1. The van der Waals surface area contributed by atoms with Crippen molar-refractivity contribution in [1.82, 2.24) is 4.90 Å². The lowest BCUT2D eigenvalue weighted by Crippen LogP contribution is -2.18. The first-order valence-electron chi connectivity index (χ1n) is 8.56. The fourth-order valence-corrected chi connectivity index (χ4v) is 3.10. The first kappa shape index (κ1) is 17.2. The smallest absolute Gasteiger partial charge is 0.185 e. The molecule has 3 rings (SSSR count). The Labute approximate surface area is 148 Å². The van der Waals surface area contributed by atoms with Gasteiger partial charge < -0.3 is 9.84 Å². The van der Waals surface area contributed by atoms with Gasteiger partial charge in [-0.05, 0) is 74.0 Å². The van der Waals surface area contributed by atoms with Crippen molar-refractivity contribution >= 4 is 11.9 Å². The van der Waals surface area contributed by atoms with Crippen molar-refractivity contribution in [3.8, 4) is 11.5 Å². The molecule has 1 N–H and O–H groups in total. The van der Waals surface area contributed by atoms with Gasteiger partial charge >= 0.3 is 0 Å². The van der Waals surface area contributed by atoms with Crippen LogP contribution in [0.15, 0.2) is 48.5 Å². The summed E-state index contributed by atoms with van der Waals surface area (Å²) in [5, 5.41) is 9.30. The van der Waals surface area contributed by atoms with E-state index in [4.69, 9.17) is 4.74 Å². The van der Waals surface area contributed by atoms with Crippen LogP contribution >= 0.6 is 0 Å². The Morgan fingerprint density at radius 2 is 1.88 bits per heavy atom. The van der Waals surface area contributed by atoms with Gasteiger partial charge in [0.05, 0.1) is 7.11 Å². The molecule has 0 amide bonds. The van der Waals surface area contributed by atoms with Crippen molar-refractivity contribution < 1.29 is 14.6 Å². The molecule has 1 aliphatic rings. The predicted molar refractivity (Wildman–Crippen MR) is 99.0 cm³/mol. The van der Waals surface area contributed by atoms with Crippen LogP contribution in [0.1, 0.15) is 34.3 Å². The Hall–Kier alpha value is -2.59. The monoisotopic (exact) mass is 337 g/mol. The molecule has 4 nitrogen and oxygen atoms in total. The van der Waals surface area contributed by atoms with Gasteiger partial charge in [-0.3, -0.25) is 9.69 Å². The normalized spacial score (nSPS) is 14.9. The summed E-state index contributed by atoms with van der Waals surface area (Å²) in [5.41, 5.74) is 2.67. The lowest BCUT2D eigenvalue weighted by atomic mass is 10.1. The Morgan fingerprint density at radius 1 is 1.16 bits per heavy atom. The number of methoxy groups -OCH3 is 1. The first-order valence-corrected chi connectivity index (χ1v) is 8.56. The third-order valence-electron chi connectivity index (χ3n) is 4.48. The van der Waals surface area contributed by atoms with Gasteiger partial charge in [-0.2, -0.15) is 0 Å². The highest BCUT2D eigenvalue weighted by molar-refractivity contribution is 6.06. The number of carbonyl (C=O) groups excluding carboxylic acids is 1. The van der Waals surface area contributed by atoms with Crippen LogP contribution in [0.2, 0.25) is 0 Å². The highest BCUT2D eigenvalue weighted by Crippen LogP contribution is 2.24. The number of rotatable bonds is 6. The van der Waals surface area contributed by atoms with Gasteiger partial charge in [0.2, 0.25) is 0 Å². The molecule has 0 bridgehead atoms. The second-order valence-electron chi connectivity index (χ2n) is 6.30. The summed E-state index contributed by atoms with van der Waals surface area (Å²) >= 11 is 0. The van der Waals surface area contributed by atoms with Crippen molar-refractivity contribution in [2.75, 3.05) is 20.2 Å². The molecule has 1 saturated heterocycles. The van der Waals surface area contributed by atoms with E-state index >= 15 is 0 Å². The molecular weight excluding hydrogens is 314 g/mol. The number of hydrogen-bond donors (Lipinski definition) is 1. The maximum atomic E-state index is 12.2. The Balaban J connectivity index is 1.74. The maximum absolute atomic E-state index is 12.2. The minimum absolute atomic E-state index is 0.0862. The van der Waals surface area contributed by atoms with Gasteiger partial charge in [0, 0.05) is 17.7 Å². The molecule has 2 aromatic rings. The summed E-state index contributed by atoms with van der Waals surface area (Å²) < 4.78 is 5.48. The number of benzene rings is 2. The molecule has 0 aliphatic carbocycles. The number of allylic oxidation sites excluding steroid dienone is 1. The van der Waals surface area contributed by atoms with Crippen molar-refractivity contribution in [2.24, 2.45) is 0 Å². The van der Waals surface area contributed by atoms with E-state index in [9.17, 15) is 9.90 Å². The van der Waals surface area contributed by atoms with Gasteiger partial charge in [-0.15, -0.1) is 0 Å². The van der Waals surface area contributed by atoms with Gasteiger partial charge in [0.25, 0.3) is 0 Å². The van der Waals surface area contributed by atoms with Crippen LogP contribution in [0, 0.1) is 0 Å². The summed E-state index contributed by atoms with van der Waals surface area (Å²) in [6, 6.07) is 12.3. The number of ketones is 1. The average molecular weight is 337 g/mol. The van der Waals surface area contributed by atoms with Crippen LogP contribution in [-0.4, -0.2) is 36.0 Å². The number of likely N-dealkylation sites (tertiary alicyclic amines) is 1. The summed E-state index contributed by atoms with van der Waals surface area (Å²) in [6.45, 7) is 3.13. The second-order valence-corrected chi connectivity index (χ2v) is 6.30. The highest BCUT2D eigenvalue weighted by Gasteiger charge is 2.14. The molecule has 1 fully saturated rings. The minimum Gasteiger partial charge on any atom is -0.508 e. The molecule has 1 heterocycles. The predicted octanol–water partition coefficient (Wildman–Crippen LogP) is 3.89. The second kappa shape index (κ2) is 7.99. The molecule has 25 heavy (non-hydrogen) atoms. The zero-order valence-corrected chi connectivity index (χ0v) is 14.4. The van der Waals surface area contributed by atoms with E-state index in [2.05, 4.69) is 11.0 Å². The molecule has 4 heteroatoms. The zero-order valence-electron chi connectivity index (χ0n) is 14.4. The van der Waals surface area contributed by atoms with E-state index in [-0.39, 0.29) is 11.5 Å². The summed E-state index contributed by atoms with van der Waals surface area (Å²) in [6.07, 6.45) is 5.89. The van der Waals surface area contributed by atoms with Crippen molar-refractivity contribution in [2.45, 2.75) is 19.4 Å². The van der Waals surface area contributed by atoms with E-state index in [1.54, 1.807) is 25.3 Å². The standard InChI is InChI=1S/C21H23NO3/c1-25-21-11-5-16(14-18(21)15-22-12-2-3-13-22)4-10-20(24)17-6-8-19(23)9-7-17/h4-11,14,23H,2-3,12-13,15H2,1H3/b10-4+. The molecule has 0 aromatic heterocycles. The van der Waals surface area contributed by atoms with Gasteiger partial charge in [-0.25, -0.2) is 0 Å². The summed E-state index contributed by atoms with van der Waals surface area (Å²) in [4.78, 5) is 14.6. The topological polar surface area (TPSA) is 49.8 Å². The lowest BCUT2D eigenvalue weighted by molar-refractivity contribution is 0.104. The number of ether oxygens (including phenoxy) is 1. The average Bonchev–Trinajstić information content (AvgIpc) is 3.13. The molecule has 2 aromatic carbocycles. The molecule has 0 saturated carbocycles. The molecule has 1 aliphatic heterocycles. The third kappa shape index (κ3) is 4.48. The fraction of sp³-hybridized carbons (Fsp3) is 0.286. The van der Waals surface area contributed by atoms with Crippen molar-refractivity contribution in [3.63, 3.8) is 0 Å². The number of hydrogen-bond acceptors (Lipinski definition) is 4. The Morgan fingerprint density at radius 3 is 2.56 bits per heavy atom. The Bertz CT molecular complexity index is 759. The number of phenols is 1. The van der Waals surface area contributed by atoms with Gasteiger partial charge in [0.1, 0.15) is 11.5 Å². The molecular formula is C21H23NO3. The zero-order chi connectivity index (χ0) is 17.6. The molecule has 0 radical (unpaired) electrons. The molecule has 130 valence electrons. The maximum Gasteiger partial charge on any atom is 0.185 e. The van der Waals surface area contributed by atoms with Crippen LogP contribution in [0.4, 0.5) is 0 Å². The van der Waals surface area contributed by atoms with E-state index in [1.807, 2.05) is 18.2 Å². The highest BCUT2D eigenvalue weighted by atomic mass is 16.5. The molecule has 0 atom stereocenters. The van der Waals surface area contributed by atoms with E-state index in [1.165, 1.54) is 25.0 Å². The van der Waals surface area contributed by atoms with Crippen molar-refractivity contribution in [1.29, 1.82) is 0 Å². The number of carbonyl (C=O) groups is 1. The van der Waals surface area contributed by atoms with E-state index < -0.39 is 0 Å². The van der Waals surface area contributed by atoms with Gasteiger partial charge in [-0.1, -0.05) is 12.1 Å². The van der Waals surface area contributed by atoms with E-state index in [0.29, 0.717) is 5.56 Å². The number of nitrogens with zero attached hydrogens (tertiary/aromatic N) is 1. The Kier molecular flexibility index (Phi) is 5.51. The lowest BCUT2D eigenvalue weighted by Gasteiger charge is -2.17. The quantitative estimate of drug-likeness (QED) is 0.642. The van der Waals surface area contributed by atoms with Crippen LogP contribution < -0.4 is 4.74 Å². The summed E-state index contributed by atoms with van der Waals surface area (Å²) in [7, 11) is 1.69. The van der Waals surface area contributed by atoms with Crippen molar-refractivity contribution in [3.05, 3.63) is 65.2 Å². The van der Waals surface area contributed by atoms with Crippen LogP contribution in [0.5, 0.6) is 11.5 Å². The third-order valence-corrected chi connectivity index (χ3v) is 4.48. The summed E-state index contributed by atoms with van der Waals surface area (Å²) in [5.74, 6) is 0.952. The fourth-order valence-electron chi connectivity index (χ4n) is 3.10. The minimum atomic E-state index is -0.0862. The van der Waals surface area contributed by atoms with Crippen LogP contribution in [0.3, 0.4) is 0 Å².